The van der Waals surface area contributed by atoms with Crippen molar-refractivity contribution in [3.05, 3.63) is 125 Å². The number of rotatable bonds is 25. The van der Waals surface area contributed by atoms with E-state index in [0.29, 0.717) is 62.2 Å². The van der Waals surface area contributed by atoms with E-state index in [4.69, 9.17) is 44.9 Å². The summed E-state index contributed by atoms with van der Waals surface area (Å²) in [4.78, 5) is 29.9. The van der Waals surface area contributed by atoms with Gasteiger partial charge in [0, 0.05) is 54.8 Å². The van der Waals surface area contributed by atoms with E-state index < -0.39 is 11.2 Å². The van der Waals surface area contributed by atoms with Crippen LogP contribution in [0.5, 0.6) is 0 Å². The Balaban J connectivity index is 0.000000252. The van der Waals surface area contributed by atoms with Gasteiger partial charge < -0.3 is 32.7 Å². The van der Waals surface area contributed by atoms with Crippen LogP contribution < -0.4 is 0 Å². The molecule has 0 radical (unpaired) electrons. The van der Waals surface area contributed by atoms with Crippen LogP contribution in [0.4, 0.5) is 0 Å². The second-order valence-corrected chi connectivity index (χ2v) is 24.1. The molecule has 0 aliphatic heterocycles. The van der Waals surface area contributed by atoms with Gasteiger partial charge in [-0.2, -0.15) is 0 Å². The Hall–Kier alpha value is -5.18. The maximum absolute atomic E-state index is 13.1. The van der Waals surface area contributed by atoms with Crippen LogP contribution >= 0.6 is 12.2 Å². The van der Waals surface area contributed by atoms with E-state index in [2.05, 4.69) is 67.3 Å². The first-order chi connectivity index (χ1) is 36.3. The highest BCUT2D eigenvalue weighted by molar-refractivity contribution is 7.80. The molecular weight excluding hydrogens is 977 g/mol. The molecule has 0 spiro atoms. The van der Waals surface area contributed by atoms with Gasteiger partial charge in [-0.3, -0.25) is 14.2 Å². The average Bonchev–Trinajstić information content (AvgIpc) is 4.17. The molecule has 0 fully saturated rings. The number of aromatic nitrogens is 4. The van der Waals surface area contributed by atoms with Crippen molar-refractivity contribution in [3.63, 3.8) is 0 Å². The van der Waals surface area contributed by atoms with Crippen molar-refractivity contribution < 1.29 is 42.3 Å². The van der Waals surface area contributed by atoms with Gasteiger partial charge >= 0.3 is 11.9 Å². The fourth-order valence-electron chi connectivity index (χ4n) is 10.3. The van der Waals surface area contributed by atoms with E-state index >= 15 is 0 Å². The normalized spacial score (nSPS) is 17.3. The lowest BCUT2D eigenvalue weighted by Crippen LogP contribution is -2.26. The average molecular weight is 1070 g/mol. The fourth-order valence-corrected chi connectivity index (χ4v) is 10.5. The molecule has 0 saturated heterocycles. The molecule has 76 heavy (non-hydrogen) atoms. The Morgan fingerprint density at radius 1 is 0.684 bits per heavy atom. The van der Waals surface area contributed by atoms with Crippen LogP contribution in [0.15, 0.2) is 88.4 Å². The summed E-state index contributed by atoms with van der Waals surface area (Å²) < 4.78 is 43.4. The molecule has 0 bridgehead atoms. The maximum Gasteiger partial charge on any atom is 0.306 e. The number of hydrogen-bond donors (Lipinski definition) is 0. The third kappa shape index (κ3) is 19.7. The Labute approximate surface area is 458 Å². The molecule has 3 unspecified atom stereocenters. The van der Waals surface area contributed by atoms with Crippen molar-refractivity contribution in [2.24, 2.45) is 11.8 Å². The van der Waals surface area contributed by atoms with Gasteiger partial charge in [-0.1, -0.05) is 112 Å². The van der Waals surface area contributed by atoms with E-state index in [1.165, 1.54) is 24.0 Å². The van der Waals surface area contributed by atoms with Gasteiger partial charge in [-0.05, 0) is 147 Å². The van der Waals surface area contributed by atoms with E-state index in [0.717, 1.165) is 98.2 Å². The molecule has 416 valence electrons. The molecule has 3 aromatic heterocycles. The molecule has 2 aliphatic rings. The number of benzene rings is 2. The SMILES string of the molecule is CC(C)CCC1CCC(OC(=S)n2ccnc2)c2c([C@@H](CCCOCc3ccccc3)CC(=O)OC(C)(C)C)noc21.CC(C)CCC1CCCc2c([C@@H](CCCOCc3ccccc3)CC(=O)OC(C)(C)C)noc21. The lowest BCUT2D eigenvalue weighted by molar-refractivity contribution is -0.156. The predicted octanol–water partition coefficient (Wildman–Crippen LogP) is 15.2. The monoisotopic (exact) mass is 1060 g/mol. The van der Waals surface area contributed by atoms with Gasteiger partial charge in [0.2, 0.25) is 0 Å². The van der Waals surface area contributed by atoms with Crippen LogP contribution in [-0.2, 0) is 52.9 Å². The van der Waals surface area contributed by atoms with Gasteiger partial charge in [0.1, 0.15) is 35.2 Å². The van der Waals surface area contributed by atoms with Crippen LogP contribution in [0.1, 0.15) is 234 Å². The highest BCUT2D eigenvalue weighted by Crippen LogP contribution is 2.47. The van der Waals surface area contributed by atoms with Crippen molar-refractivity contribution in [1.29, 1.82) is 0 Å². The number of thiocarbonyl (C=S) groups is 1. The molecule has 3 heterocycles. The third-order valence-electron chi connectivity index (χ3n) is 13.9. The minimum absolute atomic E-state index is 0.00785. The van der Waals surface area contributed by atoms with Crippen molar-refractivity contribution in [1.82, 2.24) is 19.9 Å². The summed E-state index contributed by atoms with van der Waals surface area (Å²) in [6.07, 6.45) is 17.9. The molecule has 7 rings (SSSR count). The molecule has 13 nitrogen and oxygen atoms in total. The number of carbonyl (C=O) groups excluding carboxylic acids is 2. The van der Waals surface area contributed by atoms with Gasteiger partial charge in [-0.25, -0.2) is 4.98 Å². The lowest BCUT2D eigenvalue weighted by atomic mass is 9.79. The zero-order chi connectivity index (χ0) is 54.7. The summed E-state index contributed by atoms with van der Waals surface area (Å²) in [5.74, 6) is 3.26. The molecule has 0 saturated carbocycles. The summed E-state index contributed by atoms with van der Waals surface area (Å²) >= 11 is 5.61. The fraction of sp³-hybridized carbons (Fsp3) is 0.613. The van der Waals surface area contributed by atoms with Crippen LogP contribution in [-0.4, -0.2) is 61.4 Å². The first-order valence-corrected chi connectivity index (χ1v) is 28.6. The van der Waals surface area contributed by atoms with Crippen LogP contribution in [0.25, 0.3) is 0 Å². The van der Waals surface area contributed by atoms with Crippen molar-refractivity contribution >= 4 is 29.3 Å². The Kier molecular flexibility index (Phi) is 23.3. The van der Waals surface area contributed by atoms with Crippen molar-refractivity contribution in [2.75, 3.05) is 13.2 Å². The highest BCUT2D eigenvalue weighted by Gasteiger charge is 2.39. The summed E-state index contributed by atoms with van der Waals surface area (Å²) in [7, 11) is 0. The van der Waals surface area contributed by atoms with E-state index in [1.807, 2.05) is 77.9 Å². The van der Waals surface area contributed by atoms with E-state index in [-0.39, 0.29) is 42.2 Å². The van der Waals surface area contributed by atoms with Crippen LogP contribution in [0.3, 0.4) is 0 Å². The molecule has 2 aromatic carbocycles. The second kappa shape index (κ2) is 29.5. The Bertz CT molecular complexity index is 2490. The van der Waals surface area contributed by atoms with Crippen molar-refractivity contribution in [3.8, 4) is 0 Å². The first-order valence-electron chi connectivity index (χ1n) is 28.2. The van der Waals surface area contributed by atoms with Gasteiger partial charge in [0.25, 0.3) is 5.17 Å². The molecule has 5 atom stereocenters. The molecule has 2 aliphatic carbocycles. The largest absolute Gasteiger partial charge is 0.462 e. The molecule has 0 amide bonds. The first kappa shape index (κ1) is 60.1. The Morgan fingerprint density at radius 3 is 1.71 bits per heavy atom. The topological polar surface area (TPSA) is 150 Å². The molecule has 0 N–H and O–H groups in total. The van der Waals surface area contributed by atoms with Crippen LogP contribution in [0.2, 0.25) is 0 Å². The molecule has 14 heteroatoms. The zero-order valence-electron chi connectivity index (χ0n) is 47.4. The number of hydrogen-bond acceptors (Lipinski definition) is 13. The number of imidazole rings is 1. The summed E-state index contributed by atoms with van der Waals surface area (Å²) in [5, 5.41) is 9.50. The summed E-state index contributed by atoms with van der Waals surface area (Å²) in [5.41, 5.74) is 5.17. The third-order valence-corrected chi connectivity index (χ3v) is 14.2. The Morgan fingerprint density at radius 2 is 1.20 bits per heavy atom. The number of fused-ring (bicyclic) bond motifs is 2. The minimum atomic E-state index is -0.575. The zero-order valence-corrected chi connectivity index (χ0v) is 48.2. The number of nitrogens with zero attached hydrogens (tertiary/aromatic N) is 4. The summed E-state index contributed by atoms with van der Waals surface area (Å²) in [6, 6.07) is 20.3. The number of ether oxygens (including phenoxy) is 5. The quantitative estimate of drug-likeness (QED) is 0.0310. The van der Waals surface area contributed by atoms with Crippen LogP contribution in [0, 0.1) is 11.8 Å². The van der Waals surface area contributed by atoms with Gasteiger partial charge in [0.05, 0.1) is 43.0 Å². The van der Waals surface area contributed by atoms with E-state index in [1.54, 1.807) is 23.3 Å². The minimum Gasteiger partial charge on any atom is -0.462 e. The number of esters is 2. The summed E-state index contributed by atoms with van der Waals surface area (Å²) in [6.45, 7) is 22.8. The highest BCUT2D eigenvalue weighted by atomic mass is 32.1. The van der Waals surface area contributed by atoms with Gasteiger partial charge in [0.15, 0.2) is 0 Å². The van der Waals surface area contributed by atoms with Crippen molar-refractivity contribution in [2.45, 2.75) is 220 Å². The predicted molar refractivity (Wildman–Crippen MR) is 300 cm³/mol. The molecular formula is C62H88N4O9S. The lowest BCUT2D eigenvalue weighted by Gasteiger charge is -2.29. The van der Waals surface area contributed by atoms with Gasteiger partial charge in [-0.15, -0.1) is 0 Å². The molecule has 5 aromatic rings. The number of carbonyl (C=O) groups is 2. The smallest absolute Gasteiger partial charge is 0.306 e. The second-order valence-electron chi connectivity index (χ2n) is 23.7. The standard InChI is InChI=1S/C33H45N3O5S.C29H43NO4/c1-23(2)13-14-25-15-16-27(39-32(42)36-18-17-34-22-36)29-30(35-41-31(25)29)26(20-28(37)40-33(3,4)5)12-9-19-38-21-24-10-7-6-8-11-24;1-21(2)16-17-23-13-9-15-25-27(30-34-28(23)25)24(19-26(31)33-29(3,4)5)14-10-18-32-20-22-11-7-6-8-12-22/h6-8,10-11,17-18,22-23,25-27H,9,12-16,19-21H2,1-5H3;6-8,11-12,21,23-24H,9-10,13-20H2,1-5H3/t25?,26-,27?;23?,24-/m00/s1. The maximum atomic E-state index is 13.1. The van der Waals surface area contributed by atoms with E-state index in [9.17, 15) is 9.59 Å².